The fourth-order valence-electron chi connectivity index (χ4n) is 2.93. The highest BCUT2D eigenvalue weighted by Crippen LogP contribution is 2.20. The van der Waals surface area contributed by atoms with Crippen LogP contribution in [-0.4, -0.2) is 22.6 Å². The van der Waals surface area contributed by atoms with Gasteiger partial charge in [0.1, 0.15) is 5.75 Å². The van der Waals surface area contributed by atoms with E-state index in [1.807, 2.05) is 53.1 Å². The molecule has 2 aromatic carbocycles. The van der Waals surface area contributed by atoms with Crippen molar-refractivity contribution in [1.29, 1.82) is 0 Å². The summed E-state index contributed by atoms with van der Waals surface area (Å²) in [5.41, 5.74) is 3.09. The van der Waals surface area contributed by atoms with Crippen molar-refractivity contribution in [3.63, 3.8) is 0 Å². The zero-order valence-corrected chi connectivity index (χ0v) is 14.6. The summed E-state index contributed by atoms with van der Waals surface area (Å²) in [6, 6.07) is 15.8. The molecule has 1 amide bonds. The SMILES string of the molecule is CCC(NC(=O)CCn1cnc2ccccc21)c1ccc(OC)cc1. The number of fused-ring (bicyclic) bond motifs is 1. The molecule has 5 nitrogen and oxygen atoms in total. The molecule has 0 spiro atoms. The van der Waals surface area contributed by atoms with Crippen molar-refractivity contribution in [1.82, 2.24) is 14.9 Å². The van der Waals surface area contributed by atoms with Crippen LogP contribution >= 0.6 is 0 Å². The summed E-state index contributed by atoms with van der Waals surface area (Å²) in [4.78, 5) is 16.7. The van der Waals surface area contributed by atoms with Crippen LogP contribution in [-0.2, 0) is 11.3 Å². The van der Waals surface area contributed by atoms with Crippen LogP contribution < -0.4 is 10.1 Å². The van der Waals surface area contributed by atoms with Gasteiger partial charge < -0.3 is 14.6 Å². The minimum Gasteiger partial charge on any atom is -0.497 e. The van der Waals surface area contributed by atoms with E-state index in [1.54, 1.807) is 13.4 Å². The summed E-state index contributed by atoms with van der Waals surface area (Å²) < 4.78 is 7.20. The molecule has 0 aliphatic rings. The Hall–Kier alpha value is -2.82. The number of imidazole rings is 1. The number of amides is 1. The number of carbonyl (C=O) groups excluding carboxylic acids is 1. The number of nitrogens with one attached hydrogen (secondary N) is 1. The third kappa shape index (κ3) is 3.99. The average molecular weight is 337 g/mol. The molecule has 0 saturated carbocycles. The van der Waals surface area contributed by atoms with Crippen LogP contribution in [0.3, 0.4) is 0 Å². The highest BCUT2D eigenvalue weighted by Gasteiger charge is 2.13. The van der Waals surface area contributed by atoms with E-state index >= 15 is 0 Å². The summed E-state index contributed by atoms with van der Waals surface area (Å²) >= 11 is 0. The van der Waals surface area contributed by atoms with Gasteiger partial charge in [0.05, 0.1) is 30.5 Å². The number of hydrogen-bond acceptors (Lipinski definition) is 3. The van der Waals surface area contributed by atoms with Gasteiger partial charge in [0.25, 0.3) is 0 Å². The minimum atomic E-state index is 0.0120. The second-order valence-electron chi connectivity index (χ2n) is 5.98. The fraction of sp³-hybridized carbons (Fsp3) is 0.300. The molecule has 130 valence electrons. The first-order valence-corrected chi connectivity index (χ1v) is 8.54. The second kappa shape index (κ2) is 7.83. The molecule has 3 rings (SSSR count). The van der Waals surface area contributed by atoms with Crippen molar-refractivity contribution < 1.29 is 9.53 Å². The van der Waals surface area contributed by atoms with E-state index in [2.05, 4.69) is 17.2 Å². The number of carbonyl (C=O) groups is 1. The molecule has 5 heteroatoms. The fourth-order valence-corrected chi connectivity index (χ4v) is 2.93. The molecular formula is C20H23N3O2. The molecule has 3 aromatic rings. The molecule has 0 aliphatic heterocycles. The maximum Gasteiger partial charge on any atom is 0.222 e. The predicted octanol–water partition coefficient (Wildman–Crippen LogP) is 3.70. The Morgan fingerprint density at radius 2 is 1.96 bits per heavy atom. The number of benzene rings is 2. The van der Waals surface area contributed by atoms with Crippen LogP contribution in [0.4, 0.5) is 0 Å². The third-order valence-corrected chi connectivity index (χ3v) is 4.37. The van der Waals surface area contributed by atoms with Gasteiger partial charge in [0.2, 0.25) is 5.91 Å². The van der Waals surface area contributed by atoms with Gasteiger partial charge in [-0.1, -0.05) is 31.2 Å². The summed E-state index contributed by atoms with van der Waals surface area (Å²) in [5.74, 6) is 0.859. The van der Waals surface area contributed by atoms with Gasteiger partial charge in [0.15, 0.2) is 0 Å². The van der Waals surface area contributed by atoms with Gasteiger partial charge in [0, 0.05) is 13.0 Å². The molecule has 0 aliphatic carbocycles. The molecule has 1 N–H and O–H groups in total. The number of aromatic nitrogens is 2. The predicted molar refractivity (Wildman–Crippen MR) is 98.5 cm³/mol. The molecule has 0 radical (unpaired) electrons. The van der Waals surface area contributed by atoms with E-state index in [1.165, 1.54) is 0 Å². The summed E-state index contributed by atoms with van der Waals surface area (Å²) in [7, 11) is 1.65. The normalized spacial score (nSPS) is 12.1. The van der Waals surface area contributed by atoms with E-state index in [4.69, 9.17) is 4.74 Å². The van der Waals surface area contributed by atoms with E-state index in [0.29, 0.717) is 13.0 Å². The van der Waals surface area contributed by atoms with Crippen LogP contribution in [0.5, 0.6) is 5.75 Å². The molecule has 0 bridgehead atoms. The number of methoxy groups -OCH3 is 1. The second-order valence-corrected chi connectivity index (χ2v) is 5.98. The standard InChI is InChI=1S/C20H23N3O2/c1-3-17(15-8-10-16(25-2)11-9-15)22-20(24)12-13-23-14-21-18-6-4-5-7-19(18)23/h4-11,14,17H,3,12-13H2,1-2H3,(H,22,24). The minimum absolute atomic E-state index is 0.0120. The maximum absolute atomic E-state index is 12.4. The van der Waals surface area contributed by atoms with E-state index < -0.39 is 0 Å². The number of aryl methyl sites for hydroxylation is 1. The molecule has 1 heterocycles. The molecule has 1 atom stereocenters. The Labute approximate surface area is 147 Å². The highest BCUT2D eigenvalue weighted by atomic mass is 16.5. The van der Waals surface area contributed by atoms with Crippen molar-refractivity contribution in [3.05, 3.63) is 60.4 Å². The molecule has 0 saturated heterocycles. The van der Waals surface area contributed by atoms with E-state index in [0.717, 1.165) is 28.8 Å². The maximum atomic E-state index is 12.4. The number of ether oxygens (including phenoxy) is 1. The Balaban J connectivity index is 1.60. The number of para-hydroxylation sites is 2. The molecule has 1 unspecified atom stereocenters. The largest absolute Gasteiger partial charge is 0.497 e. The Bertz CT molecular complexity index is 840. The molecule has 1 aromatic heterocycles. The summed E-state index contributed by atoms with van der Waals surface area (Å²) in [6.45, 7) is 2.68. The summed E-state index contributed by atoms with van der Waals surface area (Å²) in [6.07, 6.45) is 3.05. The van der Waals surface area contributed by atoms with E-state index in [-0.39, 0.29) is 11.9 Å². The lowest BCUT2D eigenvalue weighted by atomic mass is 10.0. The first-order valence-electron chi connectivity index (χ1n) is 8.54. The Morgan fingerprint density at radius 3 is 2.68 bits per heavy atom. The van der Waals surface area contributed by atoms with E-state index in [9.17, 15) is 4.79 Å². The number of hydrogen-bond donors (Lipinski definition) is 1. The van der Waals surface area contributed by atoms with Crippen LogP contribution in [0.15, 0.2) is 54.9 Å². The van der Waals surface area contributed by atoms with Gasteiger partial charge in [-0.15, -0.1) is 0 Å². The highest BCUT2D eigenvalue weighted by molar-refractivity contribution is 5.77. The van der Waals surface area contributed by atoms with Gasteiger partial charge in [-0.05, 0) is 36.2 Å². The zero-order valence-electron chi connectivity index (χ0n) is 14.6. The van der Waals surface area contributed by atoms with Gasteiger partial charge >= 0.3 is 0 Å². The first kappa shape index (κ1) is 17.0. The Morgan fingerprint density at radius 1 is 1.20 bits per heavy atom. The average Bonchev–Trinajstić information content (AvgIpc) is 3.08. The molecular weight excluding hydrogens is 314 g/mol. The van der Waals surface area contributed by atoms with Crippen LogP contribution in [0.2, 0.25) is 0 Å². The lowest BCUT2D eigenvalue weighted by Crippen LogP contribution is -2.28. The van der Waals surface area contributed by atoms with Crippen LogP contribution in [0, 0.1) is 0 Å². The number of rotatable bonds is 7. The van der Waals surface area contributed by atoms with Gasteiger partial charge in [-0.2, -0.15) is 0 Å². The number of nitrogens with zero attached hydrogens (tertiary/aromatic N) is 2. The van der Waals surface area contributed by atoms with Crippen molar-refractivity contribution >= 4 is 16.9 Å². The topological polar surface area (TPSA) is 56.2 Å². The van der Waals surface area contributed by atoms with Crippen LogP contribution in [0.1, 0.15) is 31.4 Å². The van der Waals surface area contributed by atoms with Gasteiger partial charge in [-0.3, -0.25) is 4.79 Å². The lowest BCUT2D eigenvalue weighted by molar-refractivity contribution is -0.122. The van der Waals surface area contributed by atoms with Crippen LogP contribution in [0.25, 0.3) is 11.0 Å². The summed E-state index contributed by atoms with van der Waals surface area (Å²) in [5, 5.41) is 3.12. The monoisotopic (exact) mass is 337 g/mol. The smallest absolute Gasteiger partial charge is 0.222 e. The third-order valence-electron chi connectivity index (χ3n) is 4.37. The van der Waals surface area contributed by atoms with Crippen molar-refractivity contribution in [2.75, 3.05) is 7.11 Å². The van der Waals surface area contributed by atoms with Crippen molar-refractivity contribution in [3.8, 4) is 5.75 Å². The lowest BCUT2D eigenvalue weighted by Gasteiger charge is -2.18. The molecule has 25 heavy (non-hydrogen) atoms. The first-order chi connectivity index (χ1) is 12.2. The molecule has 0 fully saturated rings. The van der Waals surface area contributed by atoms with Crippen molar-refractivity contribution in [2.45, 2.75) is 32.4 Å². The Kier molecular flexibility index (Phi) is 5.33. The van der Waals surface area contributed by atoms with Crippen molar-refractivity contribution in [2.24, 2.45) is 0 Å². The van der Waals surface area contributed by atoms with Gasteiger partial charge in [-0.25, -0.2) is 4.98 Å². The quantitative estimate of drug-likeness (QED) is 0.715. The zero-order chi connectivity index (χ0) is 17.6.